The third-order valence-corrected chi connectivity index (χ3v) is 10.9. The second-order valence-electron chi connectivity index (χ2n) is 14.9. The van der Waals surface area contributed by atoms with Gasteiger partial charge in [0, 0.05) is 44.3 Å². The van der Waals surface area contributed by atoms with Crippen LogP contribution in [0.4, 0.5) is 34.1 Å². The second kappa shape index (κ2) is 13.4. The first-order chi connectivity index (χ1) is 26.9. The van der Waals surface area contributed by atoms with Gasteiger partial charge in [0.25, 0.3) is 0 Å². The Kier molecular flexibility index (Phi) is 8.22. The van der Waals surface area contributed by atoms with Gasteiger partial charge >= 0.3 is 0 Å². The number of rotatable bonds is 8. The van der Waals surface area contributed by atoms with Gasteiger partial charge in [0.1, 0.15) is 0 Å². The second-order valence-corrected chi connectivity index (χ2v) is 14.9. The molecule has 0 atom stereocenters. The molecule has 5 nitrogen and oxygen atoms in total. The number of hydrogen-bond acceptors (Lipinski definition) is 4. The lowest BCUT2D eigenvalue weighted by Gasteiger charge is -2.27. The molecule has 2 aromatic heterocycles. The summed E-state index contributed by atoms with van der Waals surface area (Å²) >= 11 is 0. The van der Waals surface area contributed by atoms with Crippen LogP contribution in [0.15, 0.2) is 152 Å². The molecule has 7 aromatic carbocycles. The van der Waals surface area contributed by atoms with E-state index in [-0.39, 0.29) is 0 Å². The molecular formula is C50H39N5. The van der Waals surface area contributed by atoms with E-state index in [4.69, 9.17) is 0 Å². The Morgan fingerprint density at radius 1 is 0.436 bits per heavy atom. The first-order valence-corrected chi connectivity index (χ1v) is 18.9. The third kappa shape index (κ3) is 5.52. The number of nitriles is 2. The standard InChI is InChI=1S/C50H39N5/c1-32(2)36-18-26-40(27-19-36)53(38-22-14-34(30-51)15-23-38)44-10-6-12-46-48(44)42-8-5-9-43-49-45(11-7-13-47(49)55(46)50(42)43)54(39-24-16-35(31-52)17-25-39)41-28-20-37(21-29-41)33(3)4/h5-29,32-33H,1-4H3. The van der Waals surface area contributed by atoms with Gasteiger partial charge in [-0.2, -0.15) is 10.5 Å². The molecule has 9 aromatic rings. The van der Waals surface area contributed by atoms with E-state index in [1.165, 1.54) is 38.2 Å². The minimum Gasteiger partial charge on any atom is -0.310 e. The molecule has 2 heterocycles. The van der Waals surface area contributed by atoms with Crippen LogP contribution in [0.3, 0.4) is 0 Å². The Labute approximate surface area is 321 Å². The lowest BCUT2D eigenvalue weighted by Crippen LogP contribution is -2.11. The van der Waals surface area contributed by atoms with E-state index in [2.05, 4.69) is 157 Å². The molecule has 0 saturated heterocycles. The molecule has 9 rings (SSSR count). The van der Waals surface area contributed by atoms with Crippen molar-refractivity contribution in [1.29, 1.82) is 10.5 Å². The molecule has 0 aliphatic heterocycles. The molecule has 0 aliphatic rings. The molecule has 0 fully saturated rings. The monoisotopic (exact) mass is 709 g/mol. The highest BCUT2D eigenvalue weighted by atomic mass is 15.2. The van der Waals surface area contributed by atoms with Crippen LogP contribution in [0.2, 0.25) is 0 Å². The van der Waals surface area contributed by atoms with Crippen molar-refractivity contribution in [1.82, 2.24) is 4.40 Å². The van der Waals surface area contributed by atoms with Crippen LogP contribution in [-0.2, 0) is 0 Å². The predicted molar refractivity (Wildman–Crippen MR) is 228 cm³/mol. The maximum Gasteiger partial charge on any atom is 0.0991 e. The van der Waals surface area contributed by atoms with Crippen molar-refractivity contribution in [2.75, 3.05) is 9.80 Å². The summed E-state index contributed by atoms with van der Waals surface area (Å²) in [5.74, 6) is 0.847. The number of para-hydroxylation sites is 1. The van der Waals surface area contributed by atoms with Gasteiger partial charge in [-0.25, -0.2) is 0 Å². The number of fused-ring (bicyclic) bond motifs is 6. The fourth-order valence-electron chi connectivity index (χ4n) is 8.15. The minimum absolute atomic E-state index is 0.423. The van der Waals surface area contributed by atoms with Gasteiger partial charge in [-0.05, 0) is 120 Å². The Bertz CT molecular complexity index is 2720. The highest BCUT2D eigenvalue weighted by Crippen LogP contribution is 2.49. The van der Waals surface area contributed by atoms with Crippen LogP contribution >= 0.6 is 0 Å². The summed E-state index contributed by atoms with van der Waals surface area (Å²) in [7, 11) is 0. The predicted octanol–water partition coefficient (Wildman–Crippen LogP) is 13.8. The van der Waals surface area contributed by atoms with Crippen molar-refractivity contribution in [3.8, 4) is 12.1 Å². The van der Waals surface area contributed by atoms with E-state index in [1.807, 2.05) is 48.5 Å². The maximum absolute atomic E-state index is 9.61. The van der Waals surface area contributed by atoms with Crippen LogP contribution in [0.25, 0.3) is 38.1 Å². The van der Waals surface area contributed by atoms with E-state index in [0.29, 0.717) is 23.0 Å². The summed E-state index contributed by atoms with van der Waals surface area (Å²) < 4.78 is 2.43. The van der Waals surface area contributed by atoms with Gasteiger partial charge in [-0.15, -0.1) is 0 Å². The van der Waals surface area contributed by atoms with Crippen LogP contribution in [-0.4, -0.2) is 4.40 Å². The molecule has 0 unspecified atom stereocenters. The van der Waals surface area contributed by atoms with Gasteiger partial charge in [0.15, 0.2) is 0 Å². The van der Waals surface area contributed by atoms with E-state index in [0.717, 1.165) is 45.2 Å². The zero-order valence-electron chi connectivity index (χ0n) is 31.3. The summed E-state index contributed by atoms with van der Waals surface area (Å²) in [6.45, 7) is 8.87. The van der Waals surface area contributed by atoms with E-state index < -0.39 is 0 Å². The first-order valence-electron chi connectivity index (χ1n) is 18.9. The highest BCUT2D eigenvalue weighted by molar-refractivity contribution is 6.28. The molecule has 0 aliphatic carbocycles. The smallest absolute Gasteiger partial charge is 0.0991 e. The van der Waals surface area contributed by atoms with Gasteiger partial charge in [-0.1, -0.05) is 82.3 Å². The summed E-state index contributed by atoms with van der Waals surface area (Å²) in [5.41, 5.74) is 13.5. The molecule has 0 saturated carbocycles. The highest BCUT2D eigenvalue weighted by Gasteiger charge is 2.26. The van der Waals surface area contributed by atoms with Crippen molar-refractivity contribution < 1.29 is 0 Å². The van der Waals surface area contributed by atoms with E-state index in [9.17, 15) is 10.5 Å². The zero-order valence-corrected chi connectivity index (χ0v) is 31.3. The van der Waals surface area contributed by atoms with Crippen molar-refractivity contribution in [2.45, 2.75) is 39.5 Å². The molecular weight excluding hydrogens is 671 g/mol. The van der Waals surface area contributed by atoms with Gasteiger partial charge in [0.05, 0.1) is 51.2 Å². The lowest BCUT2D eigenvalue weighted by atomic mass is 10.0. The van der Waals surface area contributed by atoms with Crippen LogP contribution < -0.4 is 9.80 Å². The molecule has 5 heteroatoms. The SMILES string of the molecule is CC(C)c1ccc(N(c2ccc(C#N)cc2)c2cccc3c2c2cccc4c5c(N(c6ccc(C#N)cc6)c6ccc(C(C)C)cc6)cccc5n3c24)cc1. The quantitative estimate of drug-likeness (QED) is 0.158. The number of aromatic nitrogens is 1. The number of benzene rings is 7. The van der Waals surface area contributed by atoms with Gasteiger partial charge < -0.3 is 14.2 Å². The molecule has 0 amide bonds. The largest absolute Gasteiger partial charge is 0.310 e. The third-order valence-electron chi connectivity index (χ3n) is 10.9. The van der Waals surface area contributed by atoms with Crippen LogP contribution in [0.5, 0.6) is 0 Å². The van der Waals surface area contributed by atoms with E-state index >= 15 is 0 Å². The molecule has 55 heavy (non-hydrogen) atoms. The maximum atomic E-state index is 9.61. The Balaban J connectivity index is 1.31. The fourth-order valence-corrected chi connectivity index (χ4v) is 8.15. The molecule has 0 radical (unpaired) electrons. The Hall–Kier alpha value is -7.08. The number of nitrogens with zero attached hydrogens (tertiary/aromatic N) is 5. The lowest BCUT2D eigenvalue weighted by molar-refractivity contribution is 0.866. The first kappa shape index (κ1) is 33.7. The number of anilines is 6. The van der Waals surface area contributed by atoms with Gasteiger partial charge in [0.2, 0.25) is 0 Å². The average molecular weight is 710 g/mol. The number of hydrogen-bond donors (Lipinski definition) is 0. The summed E-state index contributed by atoms with van der Waals surface area (Å²) in [4.78, 5) is 4.63. The molecule has 0 bridgehead atoms. The summed E-state index contributed by atoms with van der Waals surface area (Å²) in [6.07, 6.45) is 0. The minimum atomic E-state index is 0.423. The molecule has 0 spiro atoms. The Morgan fingerprint density at radius 2 is 0.782 bits per heavy atom. The summed E-state index contributed by atoms with van der Waals surface area (Å²) in [5, 5.41) is 23.9. The van der Waals surface area contributed by atoms with E-state index in [1.54, 1.807) is 0 Å². The van der Waals surface area contributed by atoms with Gasteiger partial charge in [-0.3, -0.25) is 0 Å². The Morgan fingerprint density at radius 3 is 1.13 bits per heavy atom. The zero-order chi connectivity index (χ0) is 37.8. The summed E-state index contributed by atoms with van der Waals surface area (Å²) in [6, 6.07) is 57.8. The normalized spacial score (nSPS) is 11.6. The van der Waals surface area contributed by atoms with Crippen molar-refractivity contribution in [3.63, 3.8) is 0 Å². The topological polar surface area (TPSA) is 58.5 Å². The van der Waals surface area contributed by atoms with Crippen LogP contribution in [0, 0.1) is 22.7 Å². The average Bonchev–Trinajstić information content (AvgIpc) is 3.75. The molecule has 264 valence electrons. The van der Waals surface area contributed by atoms with Crippen molar-refractivity contribution in [3.05, 3.63) is 174 Å². The van der Waals surface area contributed by atoms with Crippen molar-refractivity contribution >= 4 is 72.2 Å². The van der Waals surface area contributed by atoms with Crippen LogP contribution in [0.1, 0.15) is 61.8 Å². The van der Waals surface area contributed by atoms with Crippen molar-refractivity contribution in [2.24, 2.45) is 0 Å². The fraction of sp³-hybridized carbons (Fsp3) is 0.120. The molecule has 0 N–H and O–H groups in total.